The van der Waals surface area contributed by atoms with Gasteiger partial charge in [0.1, 0.15) is 0 Å². The van der Waals surface area contributed by atoms with Gasteiger partial charge in [0.25, 0.3) is 0 Å². The lowest BCUT2D eigenvalue weighted by Gasteiger charge is -2.33. The van der Waals surface area contributed by atoms with Crippen molar-refractivity contribution in [3.63, 3.8) is 0 Å². The van der Waals surface area contributed by atoms with Gasteiger partial charge in [0.05, 0.1) is 24.0 Å². The van der Waals surface area contributed by atoms with Gasteiger partial charge in [-0.2, -0.15) is 0 Å². The highest BCUT2D eigenvalue weighted by Crippen LogP contribution is 2.27. The molecule has 2 rings (SSSR count). The molecule has 2 heterocycles. The van der Waals surface area contributed by atoms with E-state index in [0.29, 0.717) is 24.1 Å². The third kappa shape index (κ3) is 4.10. The maximum atomic E-state index is 5.76. The van der Waals surface area contributed by atoms with Crippen LogP contribution in [-0.4, -0.2) is 29.3 Å². The monoisotopic (exact) mass is 264 g/mol. The molecule has 2 unspecified atom stereocenters. The lowest BCUT2D eigenvalue weighted by Crippen LogP contribution is -2.37. The summed E-state index contributed by atoms with van der Waals surface area (Å²) in [7, 11) is 0. The molecular formula is C15H24N2O2. The predicted octanol–water partition coefficient (Wildman–Crippen LogP) is 3.24. The Bertz CT molecular complexity index is 399. The van der Waals surface area contributed by atoms with Crippen molar-refractivity contribution in [1.82, 2.24) is 4.98 Å². The largest absolute Gasteiger partial charge is 0.473 e. The molecule has 0 radical (unpaired) electrons. The number of ether oxygens (including phenoxy) is 2. The van der Waals surface area contributed by atoms with Crippen molar-refractivity contribution in [3.8, 4) is 5.88 Å². The van der Waals surface area contributed by atoms with Gasteiger partial charge in [-0.25, -0.2) is 4.98 Å². The molecule has 4 heteroatoms. The van der Waals surface area contributed by atoms with Crippen molar-refractivity contribution < 1.29 is 9.47 Å². The van der Waals surface area contributed by atoms with Crippen LogP contribution < -0.4 is 10.1 Å². The zero-order chi connectivity index (χ0) is 13.8. The van der Waals surface area contributed by atoms with E-state index in [0.717, 1.165) is 18.5 Å². The van der Waals surface area contributed by atoms with Crippen molar-refractivity contribution in [2.45, 2.75) is 64.9 Å². The summed E-state index contributed by atoms with van der Waals surface area (Å²) >= 11 is 0. The van der Waals surface area contributed by atoms with Crippen LogP contribution in [0.2, 0.25) is 0 Å². The molecule has 1 aromatic heterocycles. The Kier molecular flexibility index (Phi) is 4.64. The standard InChI is InChI=1S/C15H24N2O2/c1-10(2)18-15-14(6-5-7-16-15)17-13-8-11(3)19-12(4)9-13/h5-7,10-13,17H,8-9H2,1-4H3. The number of nitrogens with zero attached hydrogens (tertiary/aromatic N) is 1. The summed E-state index contributed by atoms with van der Waals surface area (Å²) in [4.78, 5) is 4.31. The number of nitrogens with one attached hydrogen (secondary N) is 1. The molecule has 1 N–H and O–H groups in total. The van der Waals surface area contributed by atoms with E-state index in [-0.39, 0.29) is 6.10 Å². The molecule has 0 aliphatic carbocycles. The topological polar surface area (TPSA) is 43.4 Å². The molecule has 0 spiro atoms. The first-order valence-corrected chi connectivity index (χ1v) is 7.08. The van der Waals surface area contributed by atoms with Crippen LogP contribution in [0.15, 0.2) is 18.3 Å². The zero-order valence-corrected chi connectivity index (χ0v) is 12.2. The maximum Gasteiger partial charge on any atom is 0.237 e. The maximum absolute atomic E-state index is 5.76. The van der Waals surface area contributed by atoms with Crippen molar-refractivity contribution in [1.29, 1.82) is 0 Å². The third-order valence-electron chi connectivity index (χ3n) is 3.18. The molecule has 19 heavy (non-hydrogen) atoms. The van der Waals surface area contributed by atoms with Gasteiger partial charge in [0.15, 0.2) is 0 Å². The highest BCUT2D eigenvalue weighted by atomic mass is 16.5. The summed E-state index contributed by atoms with van der Waals surface area (Å²) in [6.45, 7) is 8.27. The summed E-state index contributed by atoms with van der Waals surface area (Å²) in [6.07, 6.45) is 4.52. The lowest BCUT2D eigenvalue weighted by molar-refractivity contribution is -0.0338. The average Bonchev–Trinajstić information content (AvgIpc) is 2.29. The van der Waals surface area contributed by atoms with Crippen LogP contribution in [0.25, 0.3) is 0 Å². The van der Waals surface area contributed by atoms with E-state index in [4.69, 9.17) is 9.47 Å². The van der Waals surface area contributed by atoms with Crippen LogP contribution in [0.5, 0.6) is 5.88 Å². The molecule has 4 nitrogen and oxygen atoms in total. The number of aromatic nitrogens is 1. The normalized spacial score (nSPS) is 27.3. The third-order valence-corrected chi connectivity index (χ3v) is 3.18. The van der Waals surface area contributed by atoms with Crippen LogP contribution >= 0.6 is 0 Å². The summed E-state index contributed by atoms with van der Waals surface area (Å²) < 4.78 is 11.5. The van der Waals surface area contributed by atoms with Crippen LogP contribution in [0.4, 0.5) is 5.69 Å². The van der Waals surface area contributed by atoms with E-state index in [1.165, 1.54) is 0 Å². The number of rotatable bonds is 4. The molecule has 106 valence electrons. The first-order valence-electron chi connectivity index (χ1n) is 7.08. The first-order chi connectivity index (χ1) is 9.04. The van der Waals surface area contributed by atoms with Gasteiger partial charge in [-0.05, 0) is 52.7 Å². The summed E-state index contributed by atoms with van der Waals surface area (Å²) in [6, 6.07) is 4.37. The molecule has 1 fully saturated rings. The van der Waals surface area contributed by atoms with Gasteiger partial charge < -0.3 is 14.8 Å². The molecule has 0 bridgehead atoms. The Labute approximate surface area is 115 Å². The molecule has 0 aromatic carbocycles. The van der Waals surface area contributed by atoms with Crippen molar-refractivity contribution in [2.75, 3.05) is 5.32 Å². The van der Waals surface area contributed by atoms with E-state index in [1.54, 1.807) is 6.20 Å². The van der Waals surface area contributed by atoms with Gasteiger partial charge in [0.2, 0.25) is 5.88 Å². The zero-order valence-electron chi connectivity index (χ0n) is 12.2. The van der Waals surface area contributed by atoms with E-state index in [2.05, 4.69) is 24.1 Å². The Morgan fingerprint density at radius 3 is 2.63 bits per heavy atom. The number of hydrogen-bond donors (Lipinski definition) is 1. The van der Waals surface area contributed by atoms with Crippen LogP contribution in [0.1, 0.15) is 40.5 Å². The van der Waals surface area contributed by atoms with Crippen molar-refractivity contribution in [3.05, 3.63) is 18.3 Å². The SMILES string of the molecule is CC(C)Oc1ncccc1NC1CC(C)OC(C)C1. The van der Waals surface area contributed by atoms with Gasteiger partial charge in [0, 0.05) is 12.2 Å². The minimum Gasteiger partial charge on any atom is -0.473 e. The second-order valence-electron chi connectivity index (χ2n) is 5.59. The molecule has 2 atom stereocenters. The number of anilines is 1. The predicted molar refractivity (Wildman–Crippen MR) is 76.7 cm³/mol. The van der Waals surface area contributed by atoms with Crippen molar-refractivity contribution >= 4 is 5.69 Å². The van der Waals surface area contributed by atoms with Gasteiger partial charge in [-0.1, -0.05) is 0 Å². The average molecular weight is 264 g/mol. The Morgan fingerprint density at radius 2 is 2.00 bits per heavy atom. The van der Waals surface area contributed by atoms with Crippen LogP contribution in [-0.2, 0) is 4.74 Å². The lowest BCUT2D eigenvalue weighted by atomic mass is 10.00. The Hall–Kier alpha value is -1.29. The molecule has 0 amide bonds. The second kappa shape index (κ2) is 6.24. The Balaban J connectivity index is 2.05. The van der Waals surface area contributed by atoms with Crippen LogP contribution in [0.3, 0.4) is 0 Å². The van der Waals surface area contributed by atoms with E-state index < -0.39 is 0 Å². The summed E-state index contributed by atoms with van der Waals surface area (Å²) in [5.41, 5.74) is 0.975. The van der Waals surface area contributed by atoms with E-state index in [9.17, 15) is 0 Å². The van der Waals surface area contributed by atoms with E-state index >= 15 is 0 Å². The molecule has 0 saturated carbocycles. The minimum absolute atomic E-state index is 0.128. The minimum atomic E-state index is 0.128. The molecule has 1 saturated heterocycles. The molecular weight excluding hydrogens is 240 g/mol. The smallest absolute Gasteiger partial charge is 0.237 e. The first kappa shape index (κ1) is 14.1. The summed E-state index contributed by atoms with van der Waals surface area (Å²) in [5, 5.41) is 3.55. The van der Waals surface area contributed by atoms with E-state index in [1.807, 2.05) is 26.0 Å². The van der Waals surface area contributed by atoms with Gasteiger partial charge in [-0.15, -0.1) is 0 Å². The summed E-state index contributed by atoms with van der Waals surface area (Å²) in [5.74, 6) is 0.685. The molecule has 1 aliphatic rings. The van der Waals surface area contributed by atoms with Gasteiger partial charge in [-0.3, -0.25) is 0 Å². The fourth-order valence-electron chi connectivity index (χ4n) is 2.56. The fraction of sp³-hybridized carbons (Fsp3) is 0.667. The molecule has 1 aromatic rings. The highest BCUT2D eigenvalue weighted by Gasteiger charge is 2.25. The Morgan fingerprint density at radius 1 is 1.32 bits per heavy atom. The van der Waals surface area contributed by atoms with Crippen molar-refractivity contribution in [2.24, 2.45) is 0 Å². The highest BCUT2D eigenvalue weighted by molar-refractivity contribution is 5.52. The van der Waals surface area contributed by atoms with Gasteiger partial charge >= 0.3 is 0 Å². The van der Waals surface area contributed by atoms with Crippen LogP contribution in [0, 0.1) is 0 Å². The molecule has 1 aliphatic heterocycles. The number of hydrogen-bond acceptors (Lipinski definition) is 4. The number of pyridine rings is 1. The fourth-order valence-corrected chi connectivity index (χ4v) is 2.56. The quantitative estimate of drug-likeness (QED) is 0.906. The second-order valence-corrected chi connectivity index (χ2v) is 5.59.